The number of carbonyl (C=O) groups is 1. The molecule has 0 saturated carbocycles. The number of rotatable bonds is 3. The Balaban J connectivity index is 2.18. The van der Waals surface area contributed by atoms with Crippen LogP contribution in [0.4, 0.5) is 10.7 Å². The fourth-order valence-corrected chi connectivity index (χ4v) is 3.92. The highest BCUT2D eigenvalue weighted by atomic mass is 32.2. The Morgan fingerprint density at radius 1 is 1.47 bits per heavy atom. The summed E-state index contributed by atoms with van der Waals surface area (Å²) in [5, 5.41) is 1.15. The van der Waals surface area contributed by atoms with Crippen molar-refractivity contribution in [3.8, 4) is 0 Å². The van der Waals surface area contributed by atoms with E-state index in [1.807, 2.05) is 24.8 Å². The monoisotopic (exact) mass is 270 g/mol. The van der Waals surface area contributed by atoms with Gasteiger partial charge >= 0.3 is 0 Å². The van der Waals surface area contributed by atoms with E-state index in [1.165, 1.54) is 12.2 Å². The number of ketones is 1. The number of thioether (sulfide) groups is 1. The van der Waals surface area contributed by atoms with E-state index in [1.54, 1.807) is 11.3 Å². The highest BCUT2D eigenvalue weighted by Crippen LogP contribution is 2.33. The summed E-state index contributed by atoms with van der Waals surface area (Å²) in [4.78, 5) is 14.8. The lowest BCUT2D eigenvalue weighted by Crippen LogP contribution is -2.24. The Kier molecular flexibility index (Phi) is 4.34. The van der Waals surface area contributed by atoms with Crippen molar-refractivity contribution < 1.29 is 4.79 Å². The molecule has 1 aliphatic rings. The molecule has 1 saturated heterocycles. The summed E-state index contributed by atoms with van der Waals surface area (Å²) in [6.45, 7) is 4.01. The number of nitrogen functional groups attached to an aromatic ring is 1. The first kappa shape index (κ1) is 12.8. The van der Waals surface area contributed by atoms with Crippen LogP contribution in [0.25, 0.3) is 0 Å². The summed E-state index contributed by atoms with van der Waals surface area (Å²) in [5.41, 5.74) is 6.57. The van der Waals surface area contributed by atoms with Crippen LogP contribution in [0.1, 0.15) is 29.4 Å². The Morgan fingerprint density at radius 3 is 3.06 bits per heavy atom. The summed E-state index contributed by atoms with van der Waals surface area (Å²) in [6.07, 6.45) is 1.74. The van der Waals surface area contributed by atoms with E-state index < -0.39 is 0 Å². The van der Waals surface area contributed by atoms with Crippen molar-refractivity contribution in [2.24, 2.45) is 0 Å². The van der Waals surface area contributed by atoms with E-state index in [9.17, 15) is 4.79 Å². The first-order chi connectivity index (χ1) is 8.22. The molecule has 1 aromatic heterocycles. The fourth-order valence-electron chi connectivity index (χ4n) is 1.89. The highest BCUT2D eigenvalue weighted by molar-refractivity contribution is 7.99. The molecule has 0 aromatic carbocycles. The van der Waals surface area contributed by atoms with E-state index in [0.29, 0.717) is 12.1 Å². The SMILES string of the molecule is CCC(=O)c1sc(N2CCCSCC2)cc1N. The molecule has 1 aromatic rings. The molecule has 94 valence electrons. The molecule has 1 aliphatic heterocycles. The molecule has 0 aliphatic carbocycles. The molecular weight excluding hydrogens is 252 g/mol. The smallest absolute Gasteiger partial charge is 0.174 e. The molecular formula is C12H18N2OS2. The van der Waals surface area contributed by atoms with Crippen LogP contribution in [0.5, 0.6) is 0 Å². The highest BCUT2D eigenvalue weighted by Gasteiger charge is 2.17. The molecule has 1 fully saturated rings. The van der Waals surface area contributed by atoms with Crippen LogP contribution in [-0.2, 0) is 0 Å². The minimum absolute atomic E-state index is 0.156. The van der Waals surface area contributed by atoms with Crippen molar-refractivity contribution in [1.29, 1.82) is 0 Å². The fraction of sp³-hybridized carbons (Fsp3) is 0.583. The summed E-state index contributed by atoms with van der Waals surface area (Å²) >= 11 is 3.55. The third-order valence-electron chi connectivity index (χ3n) is 2.86. The summed E-state index contributed by atoms with van der Waals surface area (Å²) < 4.78 is 0. The third-order valence-corrected chi connectivity index (χ3v) is 5.16. The van der Waals surface area contributed by atoms with Gasteiger partial charge in [-0.3, -0.25) is 4.79 Å². The van der Waals surface area contributed by atoms with Gasteiger partial charge in [0.05, 0.1) is 15.6 Å². The minimum Gasteiger partial charge on any atom is -0.397 e. The maximum atomic E-state index is 11.7. The zero-order valence-corrected chi connectivity index (χ0v) is 11.7. The van der Waals surface area contributed by atoms with Gasteiger partial charge in [-0.05, 0) is 18.2 Å². The average Bonchev–Trinajstić information content (AvgIpc) is 2.57. The molecule has 2 heterocycles. The Labute approximate surface area is 110 Å². The number of carbonyl (C=O) groups excluding carboxylic acids is 1. The Bertz CT molecular complexity index is 395. The van der Waals surface area contributed by atoms with Gasteiger partial charge in [0.25, 0.3) is 0 Å². The van der Waals surface area contributed by atoms with Crippen molar-refractivity contribution in [2.75, 3.05) is 35.2 Å². The summed E-state index contributed by atoms with van der Waals surface area (Å²) in [6, 6.07) is 1.96. The van der Waals surface area contributed by atoms with E-state index in [0.717, 1.165) is 28.7 Å². The quantitative estimate of drug-likeness (QED) is 0.858. The summed E-state index contributed by atoms with van der Waals surface area (Å²) in [7, 11) is 0. The number of nitrogens with two attached hydrogens (primary N) is 1. The first-order valence-electron chi connectivity index (χ1n) is 5.97. The van der Waals surface area contributed by atoms with Crippen LogP contribution in [-0.4, -0.2) is 30.4 Å². The van der Waals surface area contributed by atoms with Gasteiger partial charge in [0.15, 0.2) is 5.78 Å². The predicted molar refractivity (Wildman–Crippen MR) is 77.5 cm³/mol. The zero-order chi connectivity index (χ0) is 12.3. The van der Waals surface area contributed by atoms with Crippen LogP contribution >= 0.6 is 23.1 Å². The van der Waals surface area contributed by atoms with Gasteiger partial charge in [0, 0.05) is 25.3 Å². The molecule has 0 amide bonds. The largest absolute Gasteiger partial charge is 0.397 e. The molecule has 3 nitrogen and oxygen atoms in total. The molecule has 0 bridgehead atoms. The third kappa shape index (κ3) is 2.96. The standard InChI is InChI=1S/C12H18N2OS2/c1-2-10(15)12-9(13)8-11(17-12)14-4-3-6-16-7-5-14/h8H,2-7,13H2,1H3. The van der Waals surface area contributed by atoms with Gasteiger partial charge in [0.2, 0.25) is 0 Å². The number of thiophene rings is 1. The number of hydrogen-bond acceptors (Lipinski definition) is 5. The summed E-state index contributed by atoms with van der Waals surface area (Å²) in [5.74, 6) is 2.55. The van der Waals surface area contributed by atoms with Crippen LogP contribution in [0.2, 0.25) is 0 Å². The Hall–Kier alpha value is -0.680. The maximum Gasteiger partial charge on any atom is 0.174 e. The number of nitrogens with zero attached hydrogens (tertiary/aromatic N) is 1. The van der Waals surface area contributed by atoms with Gasteiger partial charge in [-0.1, -0.05) is 6.92 Å². The molecule has 0 spiro atoms. The molecule has 5 heteroatoms. The molecule has 2 rings (SSSR count). The van der Waals surface area contributed by atoms with Gasteiger partial charge < -0.3 is 10.6 Å². The van der Waals surface area contributed by atoms with E-state index in [4.69, 9.17) is 5.73 Å². The second-order valence-electron chi connectivity index (χ2n) is 4.10. The molecule has 17 heavy (non-hydrogen) atoms. The normalized spacial score (nSPS) is 16.9. The number of hydrogen-bond donors (Lipinski definition) is 1. The van der Waals surface area contributed by atoms with Crippen LogP contribution < -0.4 is 10.6 Å². The lowest BCUT2D eigenvalue weighted by molar-refractivity contribution is 0.0993. The number of anilines is 2. The van der Waals surface area contributed by atoms with E-state index in [-0.39, 0.29) is 5.78 Å². The van der Waals surface area contributed by atoms with Crippen molar-refractivity contribution in [3.05, 3.63) is 10.9 Å². The van der Waals surface area contributed by atoms with Crippen LogP contribution in [0, 0.1) is 0 Å². The molecule has 2 N–H and O–H groups in total. The molecule has 0 atom stereocenters. The van der Waals surface area contributed by atoms with Gasteiger partial charge in [-0.25, -0.2) is 0 Å². The second kappa shape index (κ2) is 5.78. The average molecular weight is 270 g/mol. The van der Waals surface area contributed by atoms with Gasteiger partial charge in [-0.2, -0.15) is 11.8 Å². The predicted octanol–water partition coefficient (Wildman–Crippen LogP) is 2.87. The second-order valence-corrected chi connectivity index (χ2v) is 6.35. The van der Waals surface area contributed by atoms with Gasteiger partial charge in [0.1, 0.15) is 0 Å². The van der Waals surface area contributed by atoms with Crippen LogP contribution in [0.15, 0.2) is 6.07 Å². The minimum atomic E-state index is 0.156. The van der Waals surface area contributed by atoms with E-state index >= 15 is 0 Å². The molecule has 0 unspecified atom stereocenters. The molecule has 0 radical (unpaired) electrons. The zero-order valence-electron chi connectivity index (χ0n) is 10.1. The van der Waals surface area contributed by atoms with Crippen LogP contribution in [0.3, 0.4) is 0 Å². The van der Waals surface area contributed by atoms with E-state index in [2.05, 4.69) is 4.90 Å². The Morgan fingerprint density at radius 2 is 2.29 bits per heavy atom. The van der Waals surface area contributed by atoms with Gasteiger partial charge in [-0.15, -0.1) is 11.3 Å². The van der Waals surface area contributed by atoms with Crippen molar-refractivity contribution in [3.63, 3.8) is 0 Å². The lowest BCUT2D eigenvalue weighted by Gasteiger charge is -2.19. The topological polar surface area (TPSA) is 46.3 Å². The number of Topliss-reactive ketones (excluding diaryl/α,β-unsaturated/α-hetero) is 1. The maximum absolute atomic E-state index is 11.7. The van der Waals surface area contributed by atoms with Crippen molar-refractivity contribution >= 4 is 39.6 Å². The van der Waals surface area contributed by atoms with Crippen molar-refractivity contribution in [1.82, 2.24) is 0 Å². The van der Waals surface area contributed by atoms with Crippen molar-refractivity contribution in [2.45, 2.75) is 19.8 Å². The first-order valence-corrected chi connectivity index (χ1v) is 7.94. The lowest BCUT2D eigenvalue weighted by atomic mass is 10.2.